The summed E-state index contributed by atoms with van der Waals surface area (Å²) in [6.45, 7) is 4.24. The van der Waals surface area contributed by atoms with E-state index < -0.39 is 29.7 Å². The minimum atomic E-state index is -1.03. The predicted molar refractivity (Wildman–Crippen MR) is 218 cm³/mol. The summed E-state index contributed by atoms with van der Waals surface area (Å²) in [4.78, 5) is 57.9. The fourth-order valence-electron chi connectivity index (χ4n) is 6.87. The van der Waals surface area contributed by atoms with Crippen LogP contribution in [0.15, 0.2) is 72.9 Å². The first-order valence-electron chi connectivity index (χ1n) is 19.3. The Morgan fingerprint density at radius 2 is 1.51 bits per heavy atom. The highest BCUT2D eigenvalue weighted by atomic mass is 35.5. The van der Waals surface area contributed by atoms with Crippen LogP contribution < -0.4 is 29.6 Å². The molecule has 15 nitrogen and oxygen atoms in total. The topological polar surface area (TPSA) is 167 Å². The summed E-state index contributed by atoms with van der Waals surface area (Å²) in [5.41, 5.74) is 3.93. The van der Waals surface area contributed by atoms with Gasteiger partial charge in [-0.25, -0.2) is 4.98 Å². The number of benzene rings is 3. The molecular weight excluding hydrogens is 782 g/mol. The molecule has 1 atom stereocenters. The van der Waals surface area contributed by atoms with Crippen molar-refractivity contribution in [1.29, 1.82) is 0 Å². The number of amides is 4. The molecule has 0 saturated carbocycles. The molecule has 4 aromatic rings. The van der Waals surface area contributed by atoms with Crippen molar-refractivity contribution in [3.63, 3.8) is 0 Å². The standard InChI is InChI=1S/C43H48ClN5O10/c1-54-34-11-7-28(23-36(34)55-2)15-17-48(26-29-8-12-35(37(24-29)56-3)59-27-30-9-13-38(44)46-25-30)18-20-58-22-21-57-19-16-45-32-6-4-5-31-40(32)43(53)49(42(31)52)33-10-14-39(50)47-41(33)51/h4-9,11-13,23-25,33,45H,10,14-22,26-27H2,1-3H3,(H,47,50,51). The van der Waals surface area contributed by atoms with Gasteiger partial charge < -0.3 is 33.7 Å². The van der Waals surface area contributed by atoms with Crippen LogP contribution in [0.1, 0.15) is 50.2 Å². The number of carbonyl (C=O) groups is 4. The highest BCUT2D eigenvalue weighted by Crippen LogP contribution is 2.33. The van der Waals surface area contributed by atoms with Crippen molar-refractivity contribution in [1.82, 2.24) is 20.1 Å². The number of fused-ring (bicyclic) bond motifs is 1. The highest BCUT2D eigenvalue weighted by Gasteiger charge is 2.45. The van der Waals surface area contributed by atoms with Gasteiger partial charge in [0.2, 0.25) is 11.8 Å². The lowest BCUT2D eigenvalue weighted by atomic mass is 10.0. The van der Waals surface area contributed by atoms with Crippen molar-refractivity contribution in [3.8, 4) is 23.0 Å². The van der Waals surface area contributed by atoms with Crippen molar-refractivity contribution in [3.05, 3.63) is 106 Å². The SMILES string of the molecule is COc1ccc(CCN(CCOCCOCCNc2cccc3c2C(=O)N(C2CCC(=O)NC2=O)C3=O)Cc2ccc(OCc3ccc(Cl)nc3)c(OC)c2)cc1OC. The maximum Gasteiger partial charge on any atom is 0.264 e. The number of imide groups is 2. The third kappa shape index (κ3) is 11.1. The van der Waals surface area contributed by atoms with Crippen LogP contribution in [0.3, 0.4) is 0 Å². The zero-order valence-corrected chi connectivity index (χ0v) is 34.0. The first-order chi connectivity index (χ1) is 28.7. The van der Waals surface area contributed by atoms with Crippen LogP contribution in [0, 0.1) is 0 Å². The molecule has 312 valence electrons. The molecule has 3 aromatic carbocycles. The number of nitrogens with one attached hydrogen (secondary N) is 2. The van der Waals surface area contributed by atoms with Crippen molar-refractivity contribution in [2.45, 2.75) is 38.5 Å². The molecule has 6 rings (SSSR count). The molecule has 59 heavy (non-hydrogen) atoms. The maximum atomic E-state index is 13.3. The van der Waals surface area contributed by atoms with Gasteiger partial charge in [-0.05, 0) is 66.4 Å². The molecule has 0 bridgehead atoms. The zero-order valence-electron chi connectivity index (χ0n) is 33.3. The average Bonchev–Trinajstić information content (AvgIpc) is 3.50. The number of aromatic nitrogens is 1. The van der Waals surface area contributed by atoms with Crippen LogP contribution in [0.25, 0.3) is 0 Å². The Balaban J connectivity index is 0.977. The maximum absolute atomic E-state index is 13.3. The second-order valence-corrected chi connectivity index (χ2v) is 14.2. The van der Waals surface area contributed by atoms with Crippen LogP contribution in [-0.4, -0.2) is 112 Å². The summed E-state index contributed by atoms with van der Waals surface area (Å²) in [6, 6.07) is 19.3. The van der Waals surface area contributed by atoms with E-state index in [4.69, 9.17) is 40.0 Å². The normalized spacial score (nSPS) is 15.0. The van der Waals surface area contributed by atoms with Crippen LogP contribution in [0.2, 0.25) is 5.15 Å². The first kappa shape index (κ1) is 42.9. The van der Waals surface area contributed by atoms with Crippen molar-refractivity contribution >= 4 is 40.9 Å². The average molecular weight is 830 g/mol. The lowest BCUT2D eigenvalue weighted by Crippen LogP contribution is -2.54. The Hall–Kier alpha value is -5.74. The zero-order chi connectivity index (χ0) is 41.7. The number of methoxy groups -OCH3 is 3. The van der Waals surface area contributed by atoms with E-state index in [1.807, 2.05) is 42.5 Å². The van der Waals surface area contributed by atoms with Crippen LogP contribution in [0.4, 0.5) is 5.69 Å². The summed E-state index contributed by atoms with van der Waals surface area (Å²) >= 11 is 5.92. The van der Waals surface area contributed by atoms with Gasteiger partial charge in [0, 0.05) is 50.0 Å². The fraction of sp³-hybridized carbons (Fsp3) is 0.372. The molecule has 2 N–H and O–H groups in total. The summed E-state index contributed by atoms with van der Waals surface area (Å²) in [7, 11) is 4.86. The van der Waals surface area contributed by atoms with E-state index in [9.17, 15) is 19.2 Å². The number of piperidine rings is 1. The molecule has 0 spiro atoms. The Morgan fingerprint density at radius 1 is 0.797 bits per heavy atom. The van der Waals surface area contributed by atoms with Crippen molar-refractivity contribution in [2.75, 3.05) is 72.7 Å². The summed E-state index contributed by atoms with van der Waals surface area (Å²) < 4.78 is 34.4. The van der Waals surface area contributed by atoms with E-state index in [2.05, 4.69) is 20.5 Å². The number of pyridine rings is 1. The van der Waals surface area contributed by atoms with Crippen LogP contribution >= 0.6 is 11.6 Å². The molecule has 1 aromatic heterocycles. The van der Waals surface area contributed by atoms with Gasteiger partial charge in [0.05, 0.1) is 58.9 Å². The monoisotopic (exact) mass is 829 g/mol. The molecule has 3 heterocycles. The van der Waals surface area contributed by atoms with Crippen molar-refractivity contribution in [2.24, 2.45) is 0 Å². The van der Waals surface area contributed by atoms with Gasteiger partial charge in [-0.1, -0.05) is 35.9 Å². The van der Waals surface area contributed by atoms with E-state index >= 15 is 0 Å². The van der Waals surface area contributed by atoms with Gasteiger partial charge >= 0.3 is 0 Å². The Kier molecular flexibility index (Phi) is 15.1. The highest BCUT2D eigenvalue weighted by molar-refractivity contribution is 6.29. The van der Waals surface area contributed by atoms with E-state index in [1.54, 1.807) is 51.8 Å². The lowest BCUT2D eigenvalue weighted by Gasteiger charge is -2.27. The minimum absolute atomic E-state index is 0.0567. The molecule has 1 fully saturated rings. The number of ether oxygens (including phenoxy) is 6. The molecule has 0 aliphatic carbocycles. The third-order valence-electron chi connectivity index (χ3n) is 9.94. The van der Waals surface area contributed by atoms with E-state index in [-0.39, 0.29) is 24.0 Å². The molecule has 1 unspecified atom stereocenters. The van der Waals surface area contributed by atoms with Gasteiger partial charge in [0.1, 0.15) is 17.8 Å². The Labute approximate surface area is 347 Å². The summed E-state index contributed by atoms with van der Waals surface area (Å²) in [5, 5.41) is 5.82. The van der Waals surface area contributed by atoms with Gasteiger partial charge in [-0.3, -0.25) is 34.3 Å². The first-order valence-corrected chi connectivity index (χ1v) is 19.6. The molecular formula is C43H48ClN5O10. The number of hydrogen-bond acceptors (Lipinski definition) is 13. The number of carbonyl (C=O) groups excluding carboxylic acids is 4. The number of nitrogens with zero attached hydrogens (tertiary/aromatic N) is 3. The Bertz CT molecular complexity index is 2120. The van der Waals surface area contributed by atoms with Crippen LogP contribution in [0.5, 0.6) is 23.0 Å². The third-order valence-corrected chi connectivity index (χ3v) is 10.2. The van der Waals surface area contributed by atoms with E-state index in [0.29, 0.717) is 86.5 Å². The minimum Gasteiger partial charge on any atom is -0.493 e. The van der Waals surface area contributed by atoms with Crippen LogP contribution in [-0.2, 0) is 38.6 Å². The quantitative estimate of drug-likeness (QED) is 0.0623. The van der Waals surface area contributed by atoms with Crippen molar-refractivity contribution < 1.29 is 47.6 Å². The molecule has 2 aliphatic rings. The van der Waals surface area contributed by atoms with Gasteiger partial charge in [0.25, 0.3) is 11.8 Å². The molecule has 4 amide bonds. The van der Waals surface area contributed by atoms with E-state index in [0.717, 1.165) is 34.6 Å². The second kappa shape index (κ2) is 20.8. The van der Waals surface area contributed by atoms with E-state index in [1.165, 1.54) is 0 Å². The Morgan fingerprint density at radius 3 is 2.25 bits per heavy atom. The predicted octanol–water partition coefficient (Wildman–Crippen LogP) is 4.93. The number of rotatable bonds is 22. The second-order valence-electron chi connectivity index (χ2n) is 13.8. The number of hydrogen-bond donors (Lipinski definition) is 2. The largest absolute Gasteiger partial charge is 0.493 e. The van der Waals surface area contributed by atoms with Gasteiger partial charge in [-0.15, -0.1) is 0 Å². The smallest absolute Gasteiger partial charge is 0.264 e. The number of halogens is 1. The number of anilines is 1. The molecule has 2 aliphatic heterocycles. The molecule has 16 heteroatoms. The molecule has 1 saturated heterocycles. The summed E-state index contributed by atoms with van der Waals surface area (Å²) in [6.07, 6.45) is 2.60. The summed E-state index contributed by atoms with van der Waals surface area (Å²) in [5.74, 6) is 0.408. The fourth-order valence-corrected chi connectivity index (χ4v) is 6.98. The molecule has 0 radical (unpaired) electrons. The van der Waals surface area contributed by atoms with Gasteiger partial charge in [0.15, 0.2) is 23.0 Å². The van der Waals surface area contributed by atoms with Gasteiger partial charge in [-0.2, -0.15) is 0 Å². The lowest BCUT2D eigenvalue weighted by molar-refractivity contribution is -0.136.